The van der Waals surface area contributed by atoms with Gasteiger partial charge in [0.15, 0.2) is 16.7 Å². The van der Waals surface area contributed by atoms with E-state index in [4.69, 9.17) is 4.74 Å². The van der Waals surface area contributed by atoms with Crippen LogP contribution in [0.3, 0.4) is 0 Å². The van der Waals surface area contributed by atoms with E-state index in [0.717, 1.165) is 11.8 Å². The lowest BCUT2D eigenvalue weighted by molar-refractivity contribution is -0.109. The highest BCUT2D eigenvalue weighted by atomic mass is 32.2. The average Bonchev–Trinajstić information content (AvgIpc) is 2.24. The predicted molar refractivity (Wildman–Crippen MR) is 63.0 cm³/mol. The van der Waals surface area contributed by atoms with Gasteiger partial charge in [-0.05, 0) is 12.1 Å². The highest BCUT2D eigenvalue weighted by Gasteiger charge is 2.05. The zero-order chi connectivity index (χ0) is 12.0. The second kappa shape index (κ2) is 6.19. The molecule has 0 radical (unpaired) electrons. The van der Waals surface area contributed by atoms with Crippen molar-refractivity contribution in [2.75, 3.05) is 12.9 Å². The molecule has 1 rings (SSSR count). The van der Waals surface area contributed by atoms with Crippen molar-refractivity contribution in [3.8, 4) is 17.6 Å². The molecule has 1 aromatic carbocycles. The number of benzene rings is 1. The summed E-state index contributed by atoms with van der Waals surface area (Å²) in [5.41, 5.74) is 0.492. The summed E-state index contributed by atoms with van der Waals surface area (Å²) in [6, 6.07) is 4.56. The third-order valence-corrected chi connectivity index (χ3v) is 2.44. The van der Waals surface area contributed by atoms with E-state index < -0.39 is 5.82 Å². The van der Waals surface area contributed by atoms with Gasteiger partial charge in [0.2, 0.25) is 0 Å². The van der Waals surface area contributed by atoms with Crippen LogP contribution in [-0.4, -0.2) is 18.0 Å². The quantitative estimate of drug-likeness (QED) is 0.740. The van der Waals surface area contributed by atoms with Gasteiger partial charge in [0, 0.05) is 6.92 Å². The molecule has 16 heavy (non-hydrogen) atoms. The van der Waals surface area contributed by atoms with E-state index in [0.29, 0.717) is 11.3 Å². The predicted octanol–water partition coefficient (Wildman–Crippen LogP) is 2.47. The molecule has 84 valence electrons. The Labute approximate surface area is 98.2 Å². The fourth-order valence-corrected chi connectivity index (χ4v) is 1.43. The lowest BCUT2D eigenvalue weighted by Crippen LogP contribution is -1.91. The molecule has 0 aliphatic rings. The lowest BCUT2D eigenvalue weighted by atomic mass is 10.2. The summed E-state index contributed by atoms with van der Waals surface area (Å²) in [5.74, 6) is 5.66. The molecule has 0 unspecified atom stereocenters. The molecule has 4 heteroatoms. The molecule has 0 atom stereocenters. The summed E-state index contributed by atoms with van der Waals surface area (Å²) in [6.07, 6.45) is 0. The molecule has 2 nitrogen and oxygen atoms in total. The first-order valence-corrected chi connectivity index (χ1v) is 5.58. The zero-order valence-electron chi connectivity index (χ0n) is 9.04. The Morgan fingerprint density at radius 2 is 2.31 bits per heavy atom. The smallest absolute Gasteiger partial charge is 0.186 e. The van der Waals surface area contributed by atoms with Crippen LogP contribution in [-0.2, 0) is 4.79 Å². The van der Waals surface area contributed by atoms with Crippen molar-refractivity contribution >= 4 is 16.9 Å². The van der Waals surface area contributed by atoms with Crippen molar-refractivity contribution in [3.63, 3.8) is 0 Å². The largest absolute Gasteiger partial charge is 0.492 e. The summed E-state index contributed by atoms with van der Waals surface area (Å²) >= 11 is 1.12. The number of para-hydroxylation sites is 1. The molecule has 0 fully saturated rings. The van der Waals surface area contributed by atoms with Gasteiger partial charge in [0.1, 0.15) is 0 Å². The number of carbonyl (C=O) groups is 1. The van der Waals surface area contributed by atoms with E-state index in [1.165, 1.54) is 20.1 Å². The maximum absolute atomic E-state index is 13.2. The third kappa shape index (κ3) is 3.59. The number of hydrogen-bond acceptors (Lipinski definition) is 3. The number of thioether (sulfide) groups is 1. The van der Waals surface area contributed by atoms with Gasteiger partial charge < -0.3 is 4.74 Å². The normalized spacial score (nSPS) is 9.19. The first kappa shape index (κ1) is 12.6. The highest BCUT2D eigenvalue weighted by molar-refractivity contribution is 8.13. The maximum Gasteiger partial charge on any atom is 0.186 e. The minimum atomic E-state index is -0.437. The van der Waals surface area contributed by atoms with Gasteiger partial charge in [-0.2, -0.15) is 0 Å². The Morgan fingerprint density at radius 1 is 1.56 bits per heavy atom. The van der Waals surface area contributed by atoms with Crippen LogP contribution in [0.15, 0.2) is 18.2 Å². The third-order valence-electron chi connectivity index (χ3n) is 1.74. The minimum absolute atomic E-state index is 0.0144. The van der Waals surface area contributed by atoms with Crippen molar-refractivity contribution in [1.82, 2.24) is 0 Å². The molecule has 0 saturated carbocycles. The van der Waals surface area contributed by atoms with Gasteiger partial charge in [0.25, 0.3) is 0 Å². The van der Waals surface area contributed by atoms with E-state index in [-0.39, 0.29) is 10.9 Å². The standard InChI is InChI=1S/C12H11FO2S/c1-9(14)16-8-4-6-10-5-3-7-11(13)12(10)15-2/h3,5,7H,8H2,1-2H3. The first-order chi connectivity index (χ1) is 7.65. The van der Waals surface area contributed by atoms with Crippen LogP contribution in [0.25, 0.3) is 0 Å². The monoisotopic (exact) mass is 238 g/mol. The van der Waals surface area contributed by atoms with Crippen LogP contribution in [0.2, 0.25) is 0 Å². The Balaban J connectivity index is 2.80. The van der Waals surface area contributed by atoms with Crippen LogP contribution >= 0.6 is 11.8 Å². The van der Waals surface area contributed by atoms with E-state index in [2.05, 4.69) is 11.8 Å². The fraction of sp³-hybridized carbons (Fsp3) is 0.250. The summed E-state index contributed by atoms with van der Waals surface area (Å²) in [5, 5.41) is 0.0144. The molecule has 0 heterocycles. The van der Waals surface area contributed by atoms with Crippen LogP contribution in [0.5, 0.6) is 5.75 Å². The number of rotatable bonds is 2. The summed E-state index contributed by atoms with van der Waals surface area (Å²) in [4.78, 5) is 10.6. The second-order valence-electron chi connectivity index (χ2n) is 2.90. The Kier molecular flexibility index (Phi) is 4.87. The van der Waals surface area contributed by atoms with E-state index >= 15 is 0 Å². The summed E-state index contributed by atoms with van der Waals surface area (Å²) in [7, 11) is 1.40. The Bertz CT molecular complexity index is 446. The van der Waals surface area contributed by atoms with Crippen LogP contribution in [0, 0.1) is 17.7 Å². The fourth-order valence-electron chi connectivity index (χ4n) is 1.08. The molecule has 1 aromatic rings. The van der Waals surface area contributed by atoms with Crippen molar-refractivity contribution < 1.29 is 13.9 Å². The van der Waals surface area contributed by atoms with Gasteiger partial charge in [-0.25, -0.2) is 4.39 Å². The number of ether oxygens (including phenoxy) is 1. The molecule has 0 aromatic heterocycles. The van der Waals surface area contributed by atoms with Crippen LogP contribution in [0.1, 0.15) is 12.5 Å². The molecule has 0 saturated heterocycles. The van der Waals surface area contributed by atoms with Gasteiger partial charge in [-0.3, -0.25) is 4.79 Å². The SMILES string of the molecule is COc1c(F)cccc1C#CCSC(C)=O. The topological polar surface area (TPSA) is 26.3 Å². The second-order valence-corrected chi connectivity index (χ2v) is 4.05. The molecule has 0 aliphatic heterocycles. The molecular formula is C12H11FO2S. The van der Waals surface area contributed by atoms with Crippen molar-refractivity contribution in [2.45, 2.75) is 6.92 Å². The number of hydrogen-bond donors (Lipinski definition) is 0. The van der Waals surface area contributed by atoms with Crippen LogP contribution < -0.4 is 4.74 Å². The van der Waals surface area contributed by atoms with Gasteiger partial charge in [0.05, 0.1) is 18.4 Å². The van der Waals surface area contributed by atoms with Gasteiger partial charge >= 0.3 is 0 Å². The lowest BCUT2D eigenvalue weighted by Gasteiger charge is -2.03. The van der Waals surface area contributed by atoms with Crippen molar-refractivity contribution in [1.29, 1.82) is 0 Å². The average molecular weight is 238 g/mol. The molecule has 0 amide bonds. The molecule has 0 N–H and O–H groups in total. The van der Waals surface area contributed by atoms with Gasteiger partial charge in [-0.1, -0.05) is 29.7 Å². The molecular weight excluding hydrogens is 227 g/mol. The Hall–Kier alpha value is -1.47. The Morgan fingerprint density at radius 3 is 2.94 bits per heavy atom. The minimum Gasteiger partial charge on any atom is -0.492 e. The van der Waals surface area contributed by atoms with E-state index in [1.807, 2.05) is 0 Å². The summed E-state index contributed by atoms with van der Waals surface area (Å²) < 4.78 is 18.1. The number of halogens is 1. The van der Waals surface area contributed by atoms with Gasteiger partial charge in [-0.15, -0.1) is 0 Å². The first-order valence-electron chi connectivity index (χ1n) is 4.60. The number of carbonyl (C=O) groups excluding carboxylic acids is 1. The van der Waals surface area contributed by atoms with Crippen LogP contribution in [0.4, 0.5) is 4.39 Å². The summed E-state index contributed by atoms with van der Waals surface area (Å²) in [6.45, 7) is 1.48. The van der Waals surface area contributed by atoms with E-state index in [1.54, 1.807) is 12.1 Å². The van der Waals surface area contributed by atoms with Crippen molar-refractivity contribution in [2.24, 2.45) is 0 Å². The van der Waals surface area contributed by atoms with E-state index in [9.17, 15) is 9.18 Å². The highest BCUT2D eigenvalue weighted by Crippen LogP contribution is 2.20. The zero-order valence-corrected chi connectivity index (χ0v) is 9.86. The van der Waals surface area contributed by atoms with Crippen molar-refractivity contribution in [3.05, 3.63) is 29.6 Å². The molecule has 0 spiro atoms. The molecule has 0 aliphatic carbocycles. The molecule has 0 bridgehead atoms. The number of methoxy groups -OCH3 is 1. The maximum atomic E-state index is 13.2.